The van der Waals surface area contributed by atoms with Crippen LogP contribution in [-0.4, -0.2) is 37.5 Å². The van der Waals surface area contributed by atoms with Gasteiger partial charge in [0.1, 0.15) is 10.7 Å². The van der Waals surface area contributed by atoms with Gasteiger partial charge in [0.2, 0.25) is 5.88 Å². The number of hydrogen-bond donors (Lipinski definition) is 2. The second-order valence-corrected chi connectivity index (χ2v) is 10.6. The summed E-state index contributed by atoms with van der Waals surface area (Å²) in [5.74, 6) is -2.31. The number of halogens is 1. The van der Waals surface area contributed by atoms with E-state index in [0.29, 0.717) is 16.9 Å². The molecule has 0 aliphatic carbocycles. The van der Waals surface area contributed by atoms with E-state index in [9.17, 15) is 22.8 Å². The summed E-state index contributed by atoms with van der Waals surface area (Å²) in [7, 11) is -3.99. The smallest absolute Gasteiger partial charge is 0.340 e. The van der Waals surface area contributed by atoms with Crippen molar-refractivity contribution in [3.8, 4) is 0 Å². The van der Waals surface area contributed by atoms with Crippen molar-refractivity contribution in [3.05, 3.63) is 76.1 Å². The third-order valence-corrected chi connectivity index (χ3v) is 7.25. The monoisotopic (exact) mass is 558 g/mol. The summed E-state index contributed by atoms with van der Waals surface area (Å²) in [6.45, 7) is 6.71. The molecule has 0 fully saturated rings. The molecule has 0 unspecified atom stereocenters. The van der Waals surface area contributed by atoms with Crippen LogP contribution >= 0.6 is 11.6 Å². The Kier molecular flexibility index (Phi) is 7.29. The molecule has 38 heavy (non-hydrogen) atoms. The third-order valence-electron chi connectivity index (χ3n) is 5.55. The number of imide groups is 1. The summed E-state index contributed by atoms with van der Waals surface area (Å²) >= 11 is 6.21. The standard InChI is InChI=1S/C25H23ClN4O7S/c1-13(2)36-25(33)18-7-5-6-8-19(18)30-23(31)20(26)21(24(30)32)27-16-9-11-17(12-10-16)38(34,35)29-22-14(3)15(4)28-37-22/h5-13,27,29H,1-4H3. The molecule has 0 saturated carbocycles. The van der Waals surface area contributed by atoms with E-state index in [1.165, 1.54) is 36.4 Å². The number of anilines is 3. The highest BCUT2D eigenvalue weighted by Crippen LogP contribution is 2.33. The molecule has 1 aromatic heterocycles. The predicted molar refractivity (Wildman–Crippen MR) is 139 cm³/mol. The highest BCUT2D eigenvalue weighted by molar-refractivity contribution is 7.92. The van der Waals surface area contributed by atoms with E-state index >= 15 is 0 Å². The van der Waals surface area contributed by atoms with Crippen LogP contribution in [0.5, 0.6) is 0 Å². The van der Waals surface area contributed by atoms with Crippen LogP contribution < -0.4 is 14.9 Å². The Labute approximate surface area is 223 Å². The minimum Gasteiger partial charge on any atom is -0.459 e. The number of ether oxygens (including phenoxy) is 1. The zero-order valence-electron chi connectivity index (χ0n) is 20.7. The summed E-state index contributed by atoms with van der Waals surface area (Å²) in [6.07, 6.45) is -0.412. The van der Waals surface area contributed by atoms with Gasteiger partial charge in [0.25, 0.3) is 21.8 Å². The van der Waals surface area contributed by atoms with E-state index in [2.05, 4.69) is 15.2 Å². The lowest BCUT2D eigenvalue weighted by Gasteiger charge is -2.19. The summed E-state index contributed by atoms with van der Waals surface area (Å²) in [4.78, 5) is 39.4. The zero-order chi connectivity index (χ0) is 27.8. The van der Waals surface area contributed by atoms with Gasteiger partial charge in [-0.05, 0) is 64.1 Å². The lowest BCUT2D eigenvalue weighted by atomic mass is 10.1. The lowest BCUT2D eigenvalue weighted by Crippen LogP contribution is -2.33. The third kappa shape index (κ3) is 5.13. The number of sulfonamides is 1. The minimum atomic E-state index is -3.99. The Morgan fingerprint density at radius 3 is 2.32 bits per heavy atom. The molecular weight excluding hydrogens is 536 g/mol. The van der Waals surface area contributed by atoms with Crippen molar-refractivity contribution in [3.63, 3.8) is 0 Å². The van der Waals surface area contributed by atoms with Crippen molar-refractivity contribution >= 4 is 56.7 Å². The molecule has 2 amide bonds. The molecule has 0 spiro atoms. The molecule has 13 heteroatoms. The number of hydrogen-bond acceptors (Lipinski definition) is 9. The Balaban J connectivity index is 1.55. The van der Waals surface area contributed by atoms with Crippen LogP contribution in [0.3, 0.4) is 0 Å². The van der Waals surface area contributed by atoms with Gasteiger partial charge in [0, 0.05) is 11.3 Å². The van der Waals surface area contributed by atoms with E-state index in [0.717, 1.165) is 4.90 Å². The quantitative estimate of drug-likeness (QED) is 0.308. The van der Waals surface area contributed by atoms with Gasteiger partial charge in [-0.1, -0.05) is 28.9 Å². The van der Waals surface area contributed by atoms with Gasteiger partial charge in [-0.15, -0.1) is 0 Å². The average molecular weight is 559 g/mol. The number of esters is 1. The highest BCUT2D eigenvalue weighted by Gasteiger charge is 2.40. The molecule has 198 valence electrons. The molecule has 0 radical (unpaired) electrons. The molecule has 4 rings (SSSR count). The Hall–Kier alpha value is -4.16. The minimum absolute atomic E-state index is 0.00866. The van der Waals surface area contributed by atoms with Crippen molar-refractivity contribution < 1.29 is 32.1 Å². The Morgan fingerprint density at radius 1 is 1.05 bits per heavy atom. The maximum absolute atomic E-state index is 13.2. The number of aryl methyl sites for hydroxylation is 1. The van der Waals surface area contributed by atoms with Gasteiger partial charge in [-0.2, -0.15) is 0 Å². The molecule has 11 nitrogen and oxygen atoms in total. The number of para-hydroxylation sites is 1. The first kappa shape index (κ1) is 26.9. The van der Waals surface area contributed by atoms with Gasteiger partial charge < -0.3 is 14.6 Å². The molecular formula is C25H23ClN4O7S. The number of aromatic nitrogens is 1. The van der Waals surface area contributed by atoms with E-state index in [-0.39, 0.29) is 27.7 Å². The highest BCUT2D eigenvalue weighted by atomic mass is 35.5. The average Bonchev–Trinajstić information content (AvgIpc) is 3.28. The first-order chi connectivity index (χ1) is 17.9. The molecule has 0 atom stereocenters. The first-order valence-corrected chi connectivity index (χ1v) is 13.2. The van der Waals surface area contributed by atoms with Gasteiger partial charge in [0.15, 0.2) is 0 Å². The molecule has 0 bridgehead atoms. The fourth-order valence-electron chi connectivity index (χ4n) is 3.50. The van der Waals surface area contributed by atoms with Crippen LogP contribution in [0.4, 0.5) is 17.3 Å². The summed E-state index contributed by atoms with van der Waals surface area (Å²) < 4.78 is 38.0. The van der Waals surface area contributed by atoms with Crippen LogP contribution in [-0.2, 0) is 24.3 Å². The van der Waals surface area contributed by atoms with E-state index in [1.807, 2.05) is 0 Å². The van der Waals surface area contributed by atoms with Gasteiger partial charge in [-0.25, -0.2) is 22.8 Å². The number of carbonyl (C=O) groups excluding carboxylic acids is 3. The molecule has 3 aromatic rings. The van der Waals surface area contributed by atoms with E-state index in [1.54, 1.807) is 39.8 Å². The topological polar surface area (TPSA) is 148 Å². The summed E-state index contributed by atoms with van der Waals surface area (Å²) in [5.41, 5.74) is 1.21. The van der Waals surface area contributed by atoms with Crippen LogP contribution in [0.15, 0.2) is 68.7 Å². The van der Waals surface area contributed by atoms with Gasteiger partial charge >= 0.3 is 5.97 Å². The first-order valence-electron chi connectivity index (χ1n) is 11.3. The molecule has 2 aromatic carbocycles. The molecule has 1 aliphatic rings. The largest absolute Gasteiger partial charge is 0.459 e. The van der Waals surface area contributed by atoms with E-state index < -0.39 is 38.9 Å². The van der Waals surface area contributed by atoms with Crippen molar-refractivity contribution in [2.75, 3.05) is 14.9 Å². The van der Waals surface area contributed by atoms with Crippen LogP contribution in [0.1, 0.15) is 35.5 Å². The second-order valence-electron chi connectivity index (χ2n) is 8.58. The maximum Gasteiger partial charge on any atom is 0.340 e. The number of rotatable bonds is 8. The van der Waals surface area contributed by atoms with Crippen molar-refractivity contribution in [2.24, 2.45) is 0 Å². The van der Waals surface area contributed by atoms with Gasteiger partial charge in [0.05, 0.1) is 27.9 Å². The number of carbonyl (C=O) groups is 3. The number of benzene rings is 2. The Bertz CT molecular complexity index is 1580. The van der Waals surface area contributed by atoms with Crippen molar-refractivity contribution in [1.82, 2.24) is 5.16 Å². The number of nitrogens with one attached hydrogen (secondary N) is 2. The van der Waals surface area contributed by atoms with Crippen molar-refractivity contribution in [2.45, 2.75) is 38.7 Å². The van der Waals surface area contributed by atoms with Crippen molar-refractivity contribution in [1.29, 1.82) is 0 Å². The molecule has 2 N–H and O–H groups in total. The maximum atomic E-state index is 13.2. The SMILES string of the molecule is Cc1noc(NS(=O)(=O)c2ccc(NC3=C(Cl)C(=O)N(c4ccccc4C(=O)OC(C)C)C3=O)cc2)c1C. The van der Waals surface area contributed by atoms with Crippen LogP contribution in [0.2, 0.25) is 0 Å². The van der Waals surface area contributed by atoms with Gasteiger partial charge in [-0.3, -0.25) is 9.59 Å². The summed E-state index contributed by atoms with van der Waals surface area (Å²) in [6, 6.07) is 11.4. The zero-order valence-corrected chi connectivity index (χ0v) is 22.3. The van der Waals surface area contributed by atoms with Crippen LogP contribution in [0.25, 0.3) is 0 Å². The van der Waals surface area contributed by atoms with Crippen LogP contribution in [0, 0.1) is 13.8 Å². The van der Waals surface area contributed by atoms with E-state index in [4.69, 9.17) is 20.9 Å². The number of amides is 2. The summed E-state index contributed by atoms with van der Waals surface area (Å²) in [5, 5.41) is 6.10. The molecule has 2 heterocycles. The molecule has 1 aliphatic heterocycles. The Morgan fingerprint density at radius 2 is 1.71 bits per heavy atom. The normalized spacial score (nSPS) is 13.9. The lowest BCUT2D eigenvalue weighted by molar-refractivity contribution is -0.120. The predicted octanol–water partition coefficient (Wildman–Crippen LogP) is 4.09. The fourth-order valence-corrected chi connectivity index (χ4v) is 4.76. The second kappa shape index (κ2) is 10.3. The fraction of sp³-hybridized carbons (Fsp3) is 0.200. The number of nitrogens with zero attached hydrogens (tertiary/aromatic N) is 2. The molecule has 0 saturated heterocycles.